The summed E-state index contributed by atoms with van der Waals surface area (Å²) in [5.74, 6) is 0.517. The van der Waals surface area contributed by atoms with Gasteiger partial charge in [0.25, 0.3) is 0 Å². The summed E-state index contributed by atoms with van der Waals surface area (Å²) in [4.78, 5) is 0. The Morgan fingerprint density at radius 1 is 1.18 bits per heavy atom. The van der Waals surface area contributed by atoms with Crippen LogP contribution in [-0.2, 0) is 0 Å². The zero-order valence-corrected chi connectivity index (χ0v) is 7.53. The lowest BCUT2D eigenvalue weighted by Crippen LogP contribution is -2.19. The molecular formula is C9H14ClN. The van der Waals surface area contributed by atoms with E-state index in [1.165, 1.54) is 25.7 Å². The standard InChI is InChI=1S/C9H14ClN/c10-7-9(8-11)5-3-1-2-4-6-9/h1-7H2. The van der Waals surface area contributed by atoms with Crippen LogP contribution in [0.5, 0.6) is 0 Å². The van der Waals surface area contributed by atoms with Gasteiger partial charge >= 0.3 is 0 Å². The van der Waals surface area contributed by atoms with Gasteiger partial charge < -0.3 is 0 Å². The van der Waals surface area contributed by atoms with Crippen molar-refractivity contribution in [2.45, 2.75) is 38.5 Å². The molecule has 1 aliphatic rings. The first-order valence-electron chi connectivity index (χ1n) is 4.30. The van der Waals surface area contributed by atoms with Gasteiger partial charge in [-0.15, -0.1) is 11.6 Å². The number of nitriles is 1. The monoisotopic (exact) mass is 171 g/mol. The van der Waals surface area contributed by atoms with Gasteiger partial charge in [-0.3, -0.25) is 0 Å². The van der Waals surface area contributed by atoms with Crippen LogP contribution in [0.25, 0.3) is 0 Å². The van der Waals surface area contributed by atoms with Gasteiger partial charge in [0.2, 0.25) is 0 Å². The maximum Gasteiger partial charge on any atom is 0.0709 e. The normalized spacial score (nSPS) is 23.6. The second-order valence-corrected chi connectivity index (χ2v) is 3.71. The molecule has 0 atom stereocenters. The summed E-state index contributed by atoms with van der Waals surface area (Å²) in [7, 11) is 0. The molecule has 0 aromatic heterocycles. The van der Waals surface area contributed by atoms with E-state index in [1.54, 1.807) is 0 Å². The minimum absolute atomic E-state index is 0.182. The molecule has 0 unspecified atom stereocenters. The fraction of sp³-hybridized carbons (Fsp3) is 0.889. The summed E-state index contributed by atoms with van der Waals surface area (Å²) in [5, 5.41) is 8.93. The molecule has 0 amide bonds. The van der Waals surface area contributed by atoms with Crippen LogP contribution in [0.2, 0.25) is 0 Å². The van der Waals surface area contributed by atoms with Crippen LogP contribution in [0.1, 0.15) is 38.5 Å². The van der Waals surface area contributed by atoms with E-state index in [0.717, 1.165) is 12.8 Å². The minimum Gasteiger partial charge on any atom is -0.198 e. The summed E-state index contributed by atoms with van der Waals surface area (Å²) in [6.45, 7) is 0. The quantitative estimate of drug-likeness (QED) is 0.440. The van der Waals surface area contributed by atoms with Crippen LogP contribution >= 0.6 is 11.6 Å². The maximum absolute atomic E-state index is 8.93. The second kappa shape index (κ2) is 3.97. The van der Waals surface area contributed by atoms with Crippen LogP contribution in [0.15, 0.2) is 0 Å². The van der Waals surface area contributed by atoms with E-state index in [4.69, 9.17) is 16.9 Å². The molecule has 1 rings (SSSR count). The fourth-order valence-electron chi connectivity index (χ4n) is 1.68. The third-order valence-electron chi connectivity index (χ3n) is 2.55. The van der Waals surface area contributed by atoms with Gasteiger partial charge in [-0.2, -0.15) is 5.26 Å². The largest absolute Gasteiger partial charge is 0.198 e. The number of alkyl halides is 1. The number of halogens is 1. The molecule has 1 nitrogen and oxygen atoms in total. The molecule has 0 aliphatic heterocycles. The zero-order chi connectivity index (χ0) is 8.16. The molecule has 1 aliphatic carbocycles. The lowest BCUT2D eigenvalue weighted by atomic mass is 9.84. The summed E-state index contributed by atoms with van der Waals surface area (Å²) in [6, 6.07) is 2.38. The van der Waals surface area contributed by atoms with E-state index >= 15 is 0 Å². The van der Waals surface area contributed by atoms with Gasteiger partial charge in [-0.05, 0) is 12.8 Å². The lowest BCUT2D eigenvalue weighted by molar-refractivity contribution is 0.387. The predicted octanol–water partition coefficient (Wildman–Crippen LogP) is 3.09. The Bertz CT molecular complexity index is 151. The number of hydrogen-bond donors (Lipinski definition) is 0. The van der Waals surface area contributed by atoms with Gasteiger partial charge in [0, 0.05) is 5.88 Å². The highest BCUT2D eigenvalue weighted by Gasteiger charge is 2.29. The highest BCUT2D eigenvalue weighted by Crippen LogP contribution is 2.35. The molecule has 0 bridgehead atoms. The van der Waals surface area contributed by atoms with Gasteiger partial charge in [-0.1, -0.05) is 25.7 Å². The Balaban J connectivity index is 2.58. The van der Waals surface area contributed by atoms with Gasteiger partial charge in [0.15, 0.2) is 0 Å². The zero-order valence-electron chi connectivity index (χ0n) is 6.77. The Kier molecular flexibility index (Phi) is 3.20. The highest BCUT2D eigenvalue weighted by atomic mass is 35.5. The van der Waals surface area contributed by atoms with Crippen LogP contribution in [-0.4, -0.2) is 5.88 Å². The van der Waals surface area contributed by atoms with Crippen molar-refractivity contribution in [2.75, 3.05) is 5.88 Å². The molecule has 1 fully saturated rings. The second-order valence-electron chi connectivity index (χ2n) is 3.44. The van der Waals surface area contributed by atoms with Crippen LogP contribution < -0.4 is 0 Å². The minimum atomic E-state index is -0.182. The van der Waals surface area contributed by atoms with E-state index in [-0.39, 0.29) is 5.41 Å². The SMILES string of the molecule is N#CC1(CCl)CCCCCC1. The van der Waals surface area contributed by atoms with E-state index in [1.807, 2.05) is 0 Å². The fourth-order valence-corrected chi connectivity index (χ4v) is 2.01. The third kappa shape index (κ3) is 2.10. The molecule has 0 spiro atoms. The Labute approximate surface area is 73.3 Å². The summed E-state index contributed by atoms with van der Waals surface area (Å²) in [5.41, 5.74) is -0.182. The number of nitrogens with zero attached hydrogens (tertiary/aromatic N) is 1. The maximum atomic E-state index is 8.93. The number of rotatable bonds is 1. The topological polar surface area (TPSA) is 23.8 Å². The average molecular weight is 172 g/mol. The Morgan fingerprint density at radius 3 is 2.09 bits per heavy atom. The highest BCUT2D eigenvalue weighted by molar-refractivity contribution is 6.18. The van der Waals surface area contributed by atoms with Crippen LogP contribution in [0.4, 0.5) is 0 Å². The molecule has 2 heteroatoms. The third-order valence-corrected chi connectivity index (χ3v) is 3.07. The smallest absolute Gasteiger partial charge is 0.0709 e. The summed E-state index contributed by atoms with van der Waals surface area (Å²) < 4.78 is 0. The molecule has 0 saturated heterocycles. The van der Waals surface area contributed by atoms with Crippen molar-refractivity contribution < 1.29 is 0 Å². The first-order chi connectivity index (χ1) is 5.33. The van der Waals surface area contributed by atoms with Crippen molar-refractivity contribution >= 4 is 11.6 Å². The van der Waals surface area contributed by atoms with Gasteiger partial charge in [0.05, 0.1) is 11.5 Å². The molecule has 62 valence electrons. The van der Waals surface area contributed by atoms with Crippen molar-refractivity contribution in [1.82, 2.24) is 0 Å². The first-order valence-corrected chi connectivity index (χ1v) is 4.84. The van der Waals surface area contributed by atoms with Crippen molar-refractivity contribution in [1.29, 1.82) is 5.26 Å². The van der Waals surface area contributed by atoms with E-state index < -0.39 is 0 Å². The van der Waals surface area contributed by atoms with Crippen molar-refractivity contribution in [2.24, 2.45) is 5.41 Å². The molecule has 1 saturated carbocycles. The van der Waals surface area contributed by atoms with Crippen molar-refractivity contribution in [3.63, 3.8) is 0 Å². The predicted molar refractivity (Wildman–Crippen MR) is 46.5 cm³/mol. The van der Waals surface area contributed by atoms with E-state index in [2.05, 4.69) is 6.07 Å². The molecule has 0 aromatic carbocycles. The van der Waals surface area contributed by atoms with Crippen LogP contribution in [0, 0.1) is 16.7 Å². The Morgan fingerprint density at radius 2 is 1.73 bits per heavy atom. The van der Waals surface area contributed by atoms with Gasteiger partial charge in [0.1, 0.15) is 0 Å². The average Bonchev–Trinajstić information content (AvgIpc) is 2.30. The van der Waals surface area contributed by atoms with Crippen molar-refractivity contribution in [3.8, 4) is 6.07 Å². The number of hydrogen-bond acceptors (Lipinski definition) is 1. The molecule has 0 radical (unpaired) electrons. The van der Waals surface area contributed by atoms with Crippen molar-refractivity contribution in [3.05, 3.63) is 0 Å². The summed E-state index contributed by atoms with van der Waals surface area (Å²) >= 11 is 5.79. The van der Waals surface area contributed by atoms with Gasteiger partial charge in [-0.25, -0.2) is 0 Å². The lowest BCUT2D eigenvalue weighted by Gasteiger charge is -2.20. The first kappa shape index (κ1) is 8.87. The molecule has 0 N–H and O–H groups in total. The summed E-state index contributed by atoms with van der Waals surface area (Å²) in [6.07, 6.45) is 6.93. The molecular weight excluding hydrogens is 158 g/mol. The molecule has 0 heterocycles. The van der Waals surface area contributed by atoms with E-state index in [0.29, 0.717) is 5.88 Å². The molecule has 11 heavy (non-hydrogen) atoms. The Hall–Kier alpha value is -0.220. The van der Waals surface area contributed by atoms with E-state index in [9.17, 15) is 0 Å². The molecule has 0 aromatic rings. The van der Waals surface area contributed by atoms with Crippen LogP contribution in [0.3, 0.4) is 0 Å².